The van der Waals surface area contributed by atoms with Gasteiger partial charge in [0.05, 0.1) is 6.07 Å². The van der Waals surface area contributed by atoms with Crippen molar-refractivity contribution in [2.45, 2.75) is 26.2 Å². The minimum atomic E-state index is -0.323. The molecule has 0 unspecified atom stereocenters. The van der Waals surface area contributed by atoms with E-state index in [9.17, 15) is 9.90 Å². The standard InChI is InChI=1S/C19H17Cl2NO3/c1-10(2)13-5-11(3-4-17(13)23)6-14-15(20)7-12(8-16(14)21)18-9-19(24)22-25-18/h3-5,7-10,23H,6H2,1-2H3,(H,22,24). The predicted molar refractivity (Wildman–Crippen MR) is 99.8 cm³/mol. The highest BCUT2D eigenvalue weighted by Gasteiger charge is 2.14. The molecule has 0 spiro atoms. The predicted octanol–water partition coefficient (Wildman–Crippen LogP) is 5.36. The maximum Gasteiger partial charge on any atom is 0.280 e. The van der Waals surface area contributed by atoms with Gasteiger partial charge in [-0.2, -0.15) is 5.16 Å². The molecule has 6 heteroatoms. The van der Waals surface area contributed by atoms with Crippen molar-refractivity contribution in [3.63, 3.8) is 0 Å². The van der Waals surface area contributed by atoms with Crippen LogP contribution in [0.25, 0.3) is 11.3 Å². The van der Waals surface area contributed by atoms with Crippen LogP contribution in [0.15, 0.2) is 45.7 Å². The second-order valence-corrected chi connectivity index (χ2v) is 7.03. The van der Waals surface area contributed by atoms with Gasteiger partial charge in [0.2, 0.25) is 0 Å². The molecule has 0 fully saturated rings. The number of aromatic hydroxyl groups is 1. The number of benzene rings is 2. The third-order valence-electron chi connectivity index (χ3n) is 4.04. The maximum atomic E-state index is 11.2. The average Bonchev–Trinajstić information content (AvgIpc) is 2.98. The number of aromatic nitrogens is 1. The van der Waals surface area contributed by atoms with Crippen molar-refractivity contribution >= 4 is 23.2 Å². The molecule has 0 bridgehead atoms. The molecule has 4 nitrogen and oxygen atoms in total. The lowest BCUT2D eigenvalue weighted by Crippen LogP contribution is -1.96. The molecule has 3 rings (SSSR count). The maximum absolute atomic E-state index is 11.2. The lowest BCUT2D eigenvalue weighted by Gasteiger charge is -2.13. The Hall–Kier alpha value is -2.17. The summed E-state index contributed by atoms with van der Waals surface area (Å²) in [5.41, 5.74) is 2.98. The van der Waals surface area contributed by atoms with E-state index in [0.29, 0.717) is 27.8 Å². The van der Waals surface area contributed by atoms with Crippen molar-refractivity contribution in [2.75, 3.05) is 0 Å². The first-order valence-electron chi connectivity index (χ1n) is 7.83. The number of halogens is 2. The summed E-state index contributed by atoms with van der Waals surface area (Å²) in [6.45, 7) is 4.05. The van der Waals surface area contributed by atoms with Crippen molar-refractivity contribution in [2.24, 2.45) is 0 Å². The average molecular weight is 378 g/mol. The third-order valence-corrected chi connectivity index (χ3v) is 4.72. The smallest absolute Gasteiger partial charge is 0.280 e. The van der Waals surface area contributed by atoms with E-state index in [4.69, 9.17) is 27.7 Å². The van der Waals surface area contributed by atoms with E-state index in [1.54, 1.807) is 18.2 Å². The molecule has 0 aliphatic carbocycles. The molecule has 2 N–H and O–H groups in total. The first-order valence-corrected chi connectivity index (χ1v) is 8.59. The zero-order chi connectivity index (χ0) is 18.1. The summed E-state index contributed by atoms with van der Waals surface area (Å²) < 4.78 is 5.09. The van der Waals surface area contributed by atoms with Gasteiger partial charge in [-0.15, -0.1) is 0 Å². The number of rotatable bonds is 4. The van der Waals surface area contributed by atoms with Gasteiger partial charge in [-0.05, 0) is 40.8 Å². The van der Waals surface area contributed by atoms with Crippen LogP contribution in [0.1, 0.15) is 36.5 Å². The Balaban J connectivity index is 1.96. The molecule has 3 aromatic rings. The molecule has 1 aromatic heterocycles. The van der Waals surface area contributed by atoms with Gasteiger partial charge >= 0.3 is 0 Å². The van der Waals surface area contributed by atoms with Crippen molar-refractivity contribution in [3.8, 4) is 17.1 Å². The van der Waals surface area contributed by atoms with E-state index < -0.39 is 0 Å². The number of phenols is 1. The van der Waals surface area contributed by atoms with Gasteiger partial charge in [-0.1, -0.05) is 49.2 Å². The zero-order valence-corrected chi connectivity index (χ0v) is 15.3. The summed E-state index contributed by atoms with van der Waals surface area (Å²) in [6, 6.07) is 10.3. The normalized spacial score (nSPS) is 11.2. The Bertz CT molecular complexity index is 950. The van der Waals surface area contributed by atoms with Crippen molar-refractivity contribution in [3.05, 3.63) is 73.5 Å². The van der Waals surface area contributed by atoms with Crippen LogP contribution in [-0.4, -0.2) is 10.3 Å². The minimum absolute atomic E-state index is 0.213. The van der Waals surface area contributed by atoms with Gasteiger partial charge in [-0.25, -0.2) is 0 Å². The number of phenolic OH excluding ortho intramolecular Hbond substituents is 1. The summed E-state index contributed by atoms with van der Waals surface area (Å²) in [4.78, 5) is 11.2. The van der Waals surface area contributed by atoms with Crippen LogP contribution in [0.3, 0.4) is 0 Å². The Labute approximate surface area is 155 Å². The molecule has 0 radical (unpaired) electrons. The second-order valence-electron chi connectivity index (χ2n) is 6.22. The second kappa shape index (κ2) is 6.98. The first-order chi connectivity index (χ1) is 11.8. The van der Waals surface area contributed by atoms with Gasteiger partial charge in [0.15, 0.2) is 5.76 Å². The highest BCUT2D eigenvalue weighted by molar-refractivity contribution is 6.36. The van der Waals surface area contributed by atoms with Gasteiger partial charge in [0, 0.05) is 22.0 Å². The van der Waals surface area contributed by atoms with Gasteiger partial charge in [-0.3, -0.25) is 4.79 Å². The molecule has 0 saturated carbocycles. The largest absolute Gasteiger partial charge is 0.508 e. The Morgan fingerprint density at radius 3 is 2.36 bits per heavy atom. The summed E-state index contributed by atoms with van der Waals surface area (Å²) in [5.74, 6) is 0.880. The van der Waals surface area contributed by atoms with Crippen LogP contribution in [0, 0.1) is 0 Å². The summed E-state index contributed by atoms with van der Waals surface area (Å²) in [6.07, 6.45) is 0.537. The summed E-state index contributed by atoms with van der Waals surface area (Å²) in [7, 11) is 0. The topological polar surface area (TPSA) is 66.2 Å². The van der Waals surface area contributed by atoms with Crippen LogP contribution in [0.4, 0.5) is 0 Å². The van der Waals surface area contributed by atoms with Crippen LogP contribution < -0.4 is 5.56 Å². The summed E-state index contributed by atoms with van der Waals surface area (Å²) >= 11 is 12.8. The molecule has 0 saturated heterocycles. The van der Waals surface area contributed by atoms with E-state index in [0.717, 1.165) is 16.7 Å². The molecule has 25 heavy (non-hydrogen) atoms. The quantitative estimate of drug-likeness (QED) is 0.642. The van der Waals surface area contributed by atoms with Crippen molar-refractivity contribution < 1.29 is 9.63 Å². The number of hydrogen-bond acceptors (Lipinski definition) is 3. The van der Waals surface area contributed by atoms with Crippen LogP contribution in [0.5, 0.6) is 5.75 Å². The molecule has 2 aromatic carbocycles. The highest BCUT2D eigenvalue weighted by Crippen LogP contribution is 2.34. The lowest BCUT2D eigenvalue weighted by atomic mass is 9.96. The van der Waals surface area contributed by atoms with E-state index in [1.807, 2.05) is 26.0 Å². The SMILES string of the molecule is CC(C)c1cc(Cc2c(Cl)cc(-c3cc(=O)[nH]o3)cc2Cl)ccc1O. The Kier molecular flexibility index (Phi) is 4.93. The summed E-state index contributed by atoms with van der Waals surface area (Å²) in [5, 5.41) is 13.2. The van der Waals surface area contributed by atoms with Gasteiger partial charge in [0.1, 0.15) is 5.75 Å². The number of hydrogen-bond donors (Lipinski definition) is 2. The number of aromatic amines is 1. The molecule has 0 aliphatic heterocycles. The molecular formula is C19H17Cl2NO3. The van der Waals surface area contributed by atoms with Gasteiger partial charge < -0.3 is 9.63 Å². The van der Waals surface area contributed by atoms with Crippen molar-refractivity contribution in [1.82, 2.24) is 5.16 Å². The van der Waals surface area contributed by atoms with E-state index in [2.05, 4.69) is 5.16 Å². The highest BCUT2D eigenvalue weighted by atomic mass is 35.5. The molecule has 0 aliphatic rings. The lowest BCUT2D eigenvalue weighted by molar-refractivity contribution is 0.426. The fourth-order valence-corrected chi connectivity index (χ4v) is 3.34. The van der Waals surface area contributed by atoms with Crippen molar-refractivity contribution in [1.29, 1.82) is 0 Å². The number of H-pyrrole nitrogens is 1. The molecule has 1 heterocycles. The van der Waals surface area contributed by atoms with E-state index >= 15 is 0 Å². The number of nitrogens with one attached hydrogen (secondary N) is 1. The molecule has 130 valence electrons. The first kappa shape index (κ1) is 17.6. The van der Waals surface area contributed by atoms with Crippen LogP contribution >= 0.6 is 23.2 Å². The molecule has 0 amide bonds. The fraction of sp³-hybridized carbons (Fsp3) is 0.211. The molecular weight excluding hydrogens is 361 g/mol. The molecule has 0 atom stereocenters. The Morgan fingerprint density at radius 2 is 1.80 bits per heavy atom. The Morgan fingerprint density at radius 1 is 1.12 bits per heavy atom. The van der Waals surface area contributed by atoms with E-state index in [-0.39, 0.29) is 17.2 Å². The third kappa shape index (κ3) is 3.75. The van der Waals surface area contributed by atoms with Crippen LogP contribution in [-0.2, 0) is 6.42 Å². The monoisotopic (exact) mass is 377 g/mol. The van der Waals surface area contributed by atoms with E-state index in [1.165, 1.54) is 6.07 Å². The van der Waals surface area contributed by atoms with Gasteiger partial charge in [0.25, 0.3) is 5.56 Å². The van der Waals surface area contributed by atoms with Crippen LogP contribution in [0.2, 0.25) is 10.0 Å². The zero-order valence-electron chi connectivity index (χ0n) is 13.8. The fourth-order valence-electron chi connectivity index (χ4n) is 2.72. The minimum Gasteiger partial charge on any atom is -0.508 e.